The normalized spacial score (nSPS) is 23.1. The summed E-state index contributed by atoms with van der Waals surface area (Å²) >= 11 is 0. The molecule has 0 aromatic carbocycles. The molecule has 0 aromatic heterocycles. The van der Waals surface area contributed by atoms with Gasteiger partial charge in [0.05, 0.1) is 19.1 Å². The molecule has 68 valence electrons. The lowest BCUT2D eigenvalue weighted by Crippen LogP contribution is -2.29. The Bertz CT molecular complexity index is 177. The van der Waals surface area contributed by atoms with Gasteiger partial charge in [0.15, 0.2) is 0 Å². The molecule has 1 aliphatic heterocycles. The summed E-state index contributed by atoms with van der Waals surface area (Å²) in [6.07, 6.45) is 3.69. The molecule has 4 nitrogen and oxygen atoms in total. The Kier molecular flexibility index (Phi) is 3.57. The molecule has 0 fully saturated rings. The highest BCUT2D eigenvalue weighted by atomic mass is 16.6. The van der Waals surface area contributed by atoms with Gasteiger partial charge in [-0.15, -0.1) is 0 Å². The standard InChI is InChI=1S/C8H15N3O/c1-7(2)12-11-5-8-3-9-6-10-4-8/h5-8H,3-4H2,1-2H3,(H,9,10)/b11-5+. The van der Waals surface area contributed by atoms with Crippen LogP contribution in [0.2, 0.25) is 0 Å². The summed E-state index contributed by atoms with van der Waals surface area (Å²) in [5.41, 5.74) is 0. The maximum Gasteiger partial charge on any atom is 0.121 e. The molecule has 0 spiro atoms. The van der Waals surface area contributed by atoms with Gasteiger partial charge >= 0.3 is 0 Å². The molecule has 1 rings (SSSR count). The largest absolute Gasteiger partial charge is 0.393 e. The number of oxime groups is 1. The third-order valence-electron chi connectivity index (χ3n) is 1.45. The van der Waals surface area contributed by atoms with Crippen molar-refractivity contribution in [1.29, 1.82) is 0 Å². The van der Waals surface area contributed by atoms with Crippen molar-refractivity contribution in [3.05, 3.63) is 0 Å². The van der Waals surface area contributed by atoms with Crippen LogP contribution >= 0.6 is 0 Å². The summed E-state index contributed by atoms with van der Waals surface area (Å²) in [4.78, 5) is 9.11. The second-order valence-electron chi connectivity index (χ2n) is 3.07. The predicted molar refractivity (Wildman–Crippen MR) is 49.6 cm³/mol. The van der Waals surface area contributed by atoms with Gasteiger partial charge in [-0.1, -0.05) is 5.16 Å². The molecular weight excluding hydrogens is 154 g/mol. The first-order chi connectivity index (χ1) is 5.79. The van der Waals surface area contributed by atoms with Crippen molar-refractivity contribution in [1.82, 2.24) is 5.32 Å². The predicted octanol–water partition coefficient (Wildman–Crippen LogP) is 0.645. The average molecular weight is 169 g/mol. The van der Waals surface area contributed by atoms with E-state index in [4.69, 9.17) is 4.84 Å². The van der Waals surface area contributed by atoms with Gasteiger partial charge in [0.2, 0.25) is 0 Å². The second-order valence-corrected chi connectivity index (χ2v) is 3.07. The molecular formula is C8H15N3O. The quantitative estimate of drug-likeness (QED) is 0.498. The zero-order valence-electron chi connectivity index (χ0n) is 7.53. The van der Waals surface area contributed by atoms with E-state index in [9.17, 15) is 0 Å². The van der Waals surface area contributed by atoms with Crippen molar-refractivity contribution in [3.8, 4) is 0 Å². The number of nitrogens with one attached hydrogen (secondary N) is 1. The van der Waals surface area contributed by atoms with Crippen LogP contribution in [-0.2, 0) is 4.84 Å². The summed E-state index contributed by atoms with van der Waals surface area (Å²) in [5.74, 6) is 0.369. The second kappa shape index (κ2) is 4.74. The van der Waals surface area contributed by atoms with Crippen molar-refractivity contribution in [3.63, 3.8) is 0 Å². The minimum atomic E-state index is 0.154. The maximum atomic E-state index is 5.03. The van der Waals surface area contributed by atoms with Gasteiger partial charge in [-0.2, -0.15) is 0 Å². The van der Waals surface area contributed by atoms with Crippen LogP contribution in [0.3, 0.4) is 0 Å². The lowest BCUT2D eigenvalue weighted by Gasteiger charge is -2.13. The van der Waals surface area contributed by atoms with Gasteiger partial charge in [0.25, 0.3) is 0 Å². The highest BCUT2D eigenvalue weighted by molar-refractivity contribution is 5.64. The molecule has 1 heterocycles. The third kappa shape index (κ3) is 3.37. The number of aliphatic imine (C=N–C) groups is 1. The van der Waals surface area contributed by atoms with Crippen molar-refractivity contribution in [2.45, 2.75) is 20.0 Å². The Labute approximate surface area is 72.7 Å². The van der Waals surface area contributed by atoms with Crippen LogP contribution in [0.25, 0.3) is 0 Å². The molecule has 12 heavy (non-hydrogen) atoms. The van der Waals surface area contributed by atoms with Crippen molar-refractivity contribution in [2.75, 3.05) is 13.1 Å². The van der Waals surface area contributed by atoms with E-state index in [1.54, 1.807) is 6.34 Å². The molecule has 0 bridgehead atoms. The Morgan fingerprint density at radius 1 is 1.75 bits per heavy atom. The van der Waals surface area contributed by atoms with Gasteiger partial charge in [0, 0.05) is 12.5 Å². The summed E-state index contributed by atoms with van der Waals surface area (Å²) in [6, 6.07) is 0. The first kappa shape index (κ1) is 9.03. The van der Waals surface area contributed by atoms with E-state index < -0.39 is 0 Å². The Morgan fingerprint density at radius 2 is 2.58 bits per heavy atom. The highest BCUT2D eigenvalue weighted by Gasteiger charge is 2.06. The van der Waals surface area contributed by atoms with E-state index in [2.05, 4.69) is 15.5 Å². The summed E-state index contributed by atoms with van der Waals surface area (Å²) in [5, 5.41) is 6.89. The molecule has 0 saturated heterocycles. The molecule has 1 aliphatic rings. The van der Waals surface area contributed by atoms with E-state index in [1.807, 2.05) is 20.1 Å². The van der Waals surface area contributed by atoms with Crippen molar-refractivity contribution in [2.24, 2.45) is 16.1 Å². The zero-order chi connectivity index (χ0) is 8.81. The number of rotatable bonds is 3. The number of hydrogen-bond donors (Lipinski definition) is 1. The lowest BCUT2D eigenvalue weighted by molar-refractivity contribution is 0.0862. The molecule has 0 aromatic rings. The van der Waals surface area contributed by atoms with E-state index >= 15 is 0 Å². The van der Waals surface area contributed by atoms with Crippen LogP contribution in [0.5, 0.6) is 0 Å². The van der Waals surface area contributed by atoms with Gasteiger partial charge in [-0.3, -0.25) is 4.99 Å². The molecule has 0 amide bonds. The van der Waals surface area contributed by atoms with E-state index in [1.165, 1.54) is 0 Å². The van der Waals surface area contributed by atoms with E-state index in [0.717, 1.165) is 13.1 Å². The molecule has 0 radical (unpaired) electrons. The Morgan fingerprint density at radius 3 is 3.17 bits per heavy atom. The van der Waals surface area contributed by atoms with Gasteiger partial charge in [-0.05, 0) is 13.8 Å². The van der Waals surface area contributed by atoms with Crippen LogP contribution in [0, 0.1) is 5.92 Å². The van der Waals surface area contributed by atoms with Crippen LogP contribution in [-0.4, -0.2) is 31.7 Å². The third-order valence-corrected chi connectivity index (χ3v) is 1.45. The van der Waals surface area contributed by atoms with E-state index in [-0.39, 0.29) is 6.10 Å². The van der Waals surface area contributed by atoms with Gasteiger partial charge in [0.1, 0.15) is 6.10 Å². The molecule has 0 aliphatic carbocycles. The lowest BCUT2D eigenvalue weighted by atomic mass is 10.1. The van der Waals surface area contributed by atoms with Crippen molar-refractivity contribution >= 4 is 12.6 Å². The number of hydrogen-bond acceptors (Lipinski definition) is 4. The fourth-order valence-corrected chi connectivity index (χ4v) is 0.864. The molecule has 1 N–H and O–H groups in total. The molecule has 4 heteroatoms. The van der Waals surface area contributed by atoms with Crippen LogP contribution in [0.15, 0.2) is 10.1 Å². The summed E-state index contributed by atoms with van der Waals surface area (Å²) in [7, 11) is 0. The minimum Gasteiger partial charge on any atom is -0.393 e. The molecule has 1 atom stereocenters. The Balaban J connectivity index is 2.21. The fraction of sp³-hybridized carbons (Fsp3) is 0.750. The van der Waals surface area contributed by atoms with Gasteiger partial charge < -0.3 is 10.2 Å². The molecule has 1 unspecified atom stereocenters. The fourth-order valence-electron chi connectivity index (χ4n) is 0.864. The summed E-state index contributed by atoms with van der Waals surface area (Å²) in [6.45, 7) is 5.61. The topological polar surface area (TPSA) is 46.0 Å². The smallest absolute Gasteiger partial charge is 0.121 e. The van der Waals surface area contributed by atoms with Crippen LogP contribution in [0.4, 0.5) is 0 Å². The maximum absolute atomic E-state index is 5.03. The monoisotopic (exact) mass is 169 g/mol. The highest BCUT2D eigenvalue weighted by Crippen LogP contribution is 1.96. The van der Waals surface area contributed by atoms with Crippen LogP contribution in [0.1, 0.15) is 13.8 Å². The average Bonchev–Trinajstić information content (AvgIpc) is 2.05. The Hall–Kier alpha value is -1.06. The SMILES string of the molecule is CC(C)O/N=C/C1CN=CNC1. The van der Waals surface area contributed by atoms with Gasteiger partial charge in [-0.25, -0.2) is 0 Å². The minimum absolute atomic E-state index is 0.154. The number of nitrogens with zero attached hydrogens (tertiary/aromatic N) is 2. The molecule has 0 saturated carbocycles. The zero-order valence-corrected chi connectivity index (χ0v) is 7.53. The first-order valence-electron chi connectivity index (χ1n) is 4.20. The van der Waals surface area contributed by atoms with Crippen LogP contribution < -0.4 is 5.32 Å². The summed E-state index contributed by atoms with van der Waals surface area (Å²) < 4.78 is 0. The van der Waals surface area contributed by atoms with E-state index in [0.29, 0.717) is 5.92 Å². The first-order valence-corrected chi connectivity index (χ1v) is 4.20. The van der Waals surface area contributed by atoms with Crippen molar-refractivity contribution < 1.29 is 4.84 Å².